The average molecular weight is 321 g/mol. The normalized spacial score (nSPS) is 43.8. The molecule has 3 nitrogen and oxygen atoms in total. The van der Waals surface area contributed by atoms with E-state index in [0.29, 0.717) is 5.78 Å². The standard InChI is InChI=1S/C15H17BrN2O/c1-14-6-17-8-15(13(14)19,9-18(7-14)10-17)11-4-2-3-5-12(11)16/h2-5H,6-10H2,1H3. The first kappa shape index (κ1) is 12.1. The van der Waals surface area contributed by atoms with Crippen LogP contribution in [0.5, 0.6) is 0 Å². The zero-order valence-corrected chi connectivity index (χ0v) is 12.6. The number of piperidine rings is 2. The second-order valence-corrected chi connectivity index (χ2v) is 7.42. The van der Waals surface area contributed by atoms with Crippen molar-refractivity contribution in [2.45, 2.75) is 12.3 Å². The van der Waals surface area contributed by atoms with Crippen molar-refractivity contribution >= 4 is 21.7 Å². The molecule has 1 aromatic rings. The molecule has 0 radical (unpaired) electrons. The topological polar surface area (TPSA) is 23.6 Å². The van der Waals surface area contributed by atoms with Crippen LogP contribution in [0.4, 0.5) is 0 Å². The number of Topliss-reactive ketones (excluding diaryl/α,β-unsaturated/α-hetero) is 1. The molecule has 1 aromatic carbocycles. The molecule has 100 valence electrons. The van der Waals surface area contributed by atoms with Crippen molar-refractivity contribution in [1.82, 2.24) is 9.80 Å². The smallest absolute Gasteiger partial charge is 0.154 e. The number of hydrogen-bond donors (Lipinski definition) is 0. The number of nitrogens with zero attached hydrogens (tertiary/aromatic N) is 2. The van der Waals surface area contributed by atoms with Crippen LogP contribution >= 0.6 is 15.9 Å². The molecule has 5 rings (SSSR count). The van der Waals surface area contributed by atoms with E-state index in [1.807, 2.05) is 18.2 Å². The Balaban J connectivity index is 1.90. The largest absolute Gasteiger partial charge is 0.298 e. The maximum absolute atomic E-state index is 13.1. The van der Waals surface area contributed by atoms with Crippen molar-refractivity contribution in [2.24, 2.45) is 5.41 Å². The number of carbonyl (C=O) groups excluding carboxylic acids is 1. The minimum atomic E-state index is -0.330. The lowest BCUT2D eigenvalue weighted by atomic mass is 9.59. The van der Waals surface area contributed by atoms with Crippen LogP contribution < -0.4 is 0 Å². The Morgan fingerprint density at radius 2 is 1.74 bits per heavy atom. The Morgan fingerprint density at radius 3 is 2.37 bits per heavy atom. The van der Waals surface area contributed by atoms with Gasteiger partial charge in [0.25, 0.3) is 0 Å². The predicted octanol–water partition coefficient (Wildman–Crippen LogP) is 1.86. The van der Waals surface area contributed by atoms with Gasteiger partial charge in [-0.2, -0.15) is 0 Å². The van der Waals surface area contributed by atoms with Gasteiger partial charge in [0.05, 0.1) is 17.5 Å². The molecule has 4 fully saturated rings. The molecule has 2 atom stereocenters. The fourth-order valence-electron chi connectivity index (χ4n) is 4.45. The van der Waals surface area contributed by atoms with Gasteiger partial charge in [0, 0.05) is 30.7 Å². The number of benzene rings is 1. The first-order valence-electron chi connectivity index (χ1n) is 6.78. The molecule has 4 aliphatic rings. The molecule has 4 aliphatic heterocycles. The molecule has 4 heteroatoms. The van der Waals surface area contributed by atoms with Crippen molar-refractivity contribution in [2.75, 3.05) is 32.8 Å². The van der Waals surface area contributed by atoms with Crippen LogP contribution in [0, 0.1) is 5.41 Å². The molecule has 0 amide bonds. The molecule has 0 saturated carbocycles. The van der Waals surface area contributed by atoms with Crippen molar-refractivity contribution in [3.8, 4) is 0 Å². The van der Waals surface area contributed by atoms with Gasteiger partial charge in [-0.3, -0.25) is 14.6 Å². The minimum Gasteiger partial charge on any atom is -0.298 e. The molecule has 4 bridgehead atoms. The Hall–Kier alpha value is -0.710. The number of halogens is 1. The fourth-order valence-corrected chi connectivity index (χ4v) is 5.12. The highest BCUT2D eigenvalue weighted by Gasteiger charge is 2.62. The van der Waals surface area contributed by atoms with E-state index in [2.05, 4.69) is 38.7 Å². The van der Waals surface area contributed by atoms with Gasteiger partial charge in [-0.25, -0.2) is 0 Å². The van der Waals surface area contributed by atoms with Crippen molar-refractivity contribution in [1.29, 1.82) is 0 Å². The summed E-state index contributed by atoms with van der Waals surface area (Å²) in [6.45, 7) is 6.76. The van der Waals surface area contributed by atoms with Crippen LogP contribution in [-0.4, -0.2) is 48.4 Å². The molecular weight excluding hydrogens is 304 g/mol. The van der Waals surface area contributed by atoms with Crippen LogP contribution in [0.2, 0.25) is 0 Å². The van der Waals surface area contributed by atoms with E-state index in [1.54, 1.807) is 0 Å². The summed E-state index contributed by atoms with van der Waals surface area (Å²) in [7, 11) is 0. The molecule has 0 aliphatic carbocycles. The highest BCUT2D eigenvalue weighted by atomic mass is 79.9. The predicted molar refractivity (Wildman–Crippen MR) is 76.9 cm³/mol. The number of rotatable bonds is 1. The second-order valence-electron chi connectivity index (χ2n) is 6.57. The van der Waals surface area contributed by atoms with Gasteiger partial charge in [0.15, 0.2) is 5.78 Å². The molecule has 0 aromatic heterocycles. The maximum atomic E-state index is 13.1. The van der Waals surface area contributed by atoms with Gasteiger partial charge < -0.3 is 0 Å². The third-order valence-electron chi connectivity index (χ3n) is 4.90. The third kappa shape index (κ3) is 1.48. The van der Waals surface area contributed by atoms with Crippen LogP contribution in [0.1, 0.15) is 12.5 Å². The van der Waals surface area contributed by atoms with E-state index in [0.717, 1.165) is 37.3 Å². The van der Waals surface area contributed by atoms with Crippen LogP contribution in [-0.2, 0) is 10.2 Å². The lowest BCUT2D eigenvalue weighted by Gasteiger charge is -2.62. The zero-order valence-electron chi connectivity index (χ0n) is 11.0. The van der Waals surface area contributed by atoms with Crippen LogP contribution in [0.3, 0.4) is 0 Å². The minimum absolute atomic E-state index is 0.190. The first-order chi connectivity index (χ1) is 9.03. The summed E-state index contributed by atoms with van der Waals surface area (Å²) in [6.07, 6.45) is 0. The molecule has 4 saturated heterocycles. The van der Waals surface area contributed by atoms with E-state index in [-0.39, 0.29) is 10.8 Å². The van der Waals surface area contributed by atoms with E-state index < -0.39 is 0 Å². The fraction of sp³-hybridized carbons (Fsp3) is 0.533. The average Bonchev–Trinajstić information content (AvgIpc) is 2.35. The third-order valence-corrected chi connectivity index (χ3v) is 5.60. The lowest BCUT2D eigenvalue weighted by Crippen LogP contribution is -2.77. The summed E-state index contributed by atoms with van der Waals surface area (Å²) in [4.78, 5) is 18.0. The van der Waals surface area contributed by atoms with Crippen molar-refractivity contribution in [3.63, 3.8) is 0 Å². The SMILES string of the molecule is CC12CN3CN(C1)CC(c1ccccc1Br)(C3)C2=O. The Labute approximate surface area is 121 Å². The summed E-state index contributed by atoms with van der Waals surface area (Å²) in [5, 5.41) is 0. The summed E-state index contributed by atoms with van der Waals surface area (Å²) in [5.41, 5.74) is 0.647. The highest BCUT2D eigenvalue weighted by Crippen LogP contribution is 2.48. The van der Waals surface area contributed by atoms with Gasteiger partial charge in [0.1, 0.15) is 0 Å². The molecule has 4 heterocycles. The van der Waals surface area contributed by atoms with E-state index in [4.69, 9.17) is 0 Å². The van der Waals surface area contributed by atoms with Crippen molar-refractivity contribution in [3.05, 3.63) is 34.3 Å². The second kappa shape index (κ2) is 3.68. The van der Waals surface area contributed by atoms with Crippen molar-refractivity contribution < 1.29 is 4.79 Å². The molecule has 0 spiro atoms. The molecule has 2 unspecified atom stereocenters. The summed E-state index contributed by atoms with van der Waals surface area (Å²) < 4.78 is 1.07. The van der Waals surface area contributed by atoms with Gasteiger partial charge in [-0.15, -0.1) is 0 Å². The quantitative estimate of drug-likeness (QED) is 0.789. The Kier molecular flexibility index (Phi) is 2.34. The van der Waals surface area contributed by atoms with E-state index >= 15 is 0 Å². The lowest BCUT2D eigenvalue weighted by molar-refractivity contribution is -0.168. The summed E-state index contributed by atoms with van der Waals surface area (Å²) in [5.74, 6) is 0.444. The van der Waals surface area contributed by atoms with Crippen LogP contribution in [0.25, 0.3) is 0 Å². The van der Waals surface area contributed by atoms with Gasteiger partial charge in [-0.05, 0) is 11.6 Å². The Bertz CT molecular complexity index is 557. The van der Waals surface area contributed by atoms with Crippen LogP contribution in [0.15, 0.2) is 28.7 Å². The van der Waals surface area contributed by atoms with Gasteiger partial charge in [0.2, 0.25) is 0 Å². The monoisotopic (exact) mass is 320 g/mol. The zero-order chi connectivity index (χ0) is 13.3. The summed E-state index contributed by atoms with van der Waals surface area (Å²) in [6, 6.07) is 8.22. The number of hydrogen-bond acceptors (Lipinski definition) is 3. The van der Waals surface area contributed by atoms with E-state index in [1.165, 1.54) is 5.56 Å². The van der Waals surface area contributed by atoms with Gasteiger partial charge >= 0.3 is 0 Å². The number of ketones is 1. The van der Waals surface area contributed by atoms with Gasteiger partial charge in [-0.1, -0.05) is 41.1 Å². The maximum Gasteiger partial charge on any atom is 0.154 e. The molecular formula is C15H17BrN2O. The highest BCUT2D eigenvalue weighted by molar-refractivity contribution is 9.10. The summed E-state index contributed by atoms with van der Waals surface area (Å²) >= 11 is 3.64. The first-order valence-corrected chi connectivity index (χ1v) is 7.58. The number of carbonyl (C=O) groups is 1. The molecule has 19 heavy (non-hydrogen) atoms. The molecule has 0 N–H and O–H groups in total. The van der Waals surface area contributed by atoms with E-state index in [9.17, 15) is 4.79 Å². The Morgan fingerprint density at radius 1 is 1.11 bits per heavy atom.